The fourth-order valence-corrected chi connectivity index (χ4v) is 3.81. The maximum absolute atomic E-state index is 12.7. The summed E-state index contributed by atoms with van der Waals surface area (Å²) in [5.41, 5.74) is 1.82. The number of hydrogen-bond acceptors (Lipinski definition) is 5. The number of amides is 1. The molecule has 0 aromatic heterocycles. The summed E-state index contributed by atoms with van der Waals surface area (Å²) in [4.78, 5) is 26.4. The molecule has 0 spiro atoms. The van der Waals surface area contributed by atoms with E-state index >= 15 is 0 Å². The van der Waals surface area contributed by atoms with Gasteiger partial charge in [0.2, 0.25) is 0 Å². The van der Waals surface area contributed by atoms with Gasteiger partial charge < -0.3 is 19.1 Å². The number of likely N-dealkylation sites (tertiary alicyclic amines) is 1. The summed E-state index contributed by atoms with van der Waals surface area (Å²) in [7, 11) is 0. The molecule has 0 radical (unpaired) electrons. The van der Waals surface area contributed by atoms with Gasteiger partial charge in [-0.05, 0) is 54.3 Å². The molecule has 2 aromatic carbocycles. The Kier molecular flexibility index (Phi) is 6.23. The highest BCUT2D eigenvalue weighted by Gasteiger charge is 2.31. The minimum Gasteiger partial charge on any atom is -0.486 e. The van der Waals surface area contributed by atoms with Crippen LogP contribution in [0.3, 0.4) is 0 Å². The molecular weight excluding hydrogens is 406 g/mol. The summed E-state index contributed by atoms with van der Waals surface area (Å²) in [5, 5.41) is 0.624. The van der Waals surface area contributed by atoms with Gasteiger partial charge in [-0.1, -0.05) is 29.8 Å². The largest absolute Gasteiger partial charge is 0.486 e. The smallest absolute Gasteiger partial charge is 0.331 e. The Bertz CT molecular complexity index is 957. The normalized spacial score (nSPS) is 17.9. The standard InChI is InChI=1S/C23H22ClNO5/c24-18-7-3-16(4-8-18)5-10-23(27)30-15-22(26)25-11-1-2-19(25)17-6-9-20-21(14-17)29-13-12-28-20/h3-10,14,19H,1-2,11-13,15H2/b10-5+. The first-order valence-electron chi connectivity index (χ1n) is 9.89. The highest BCUT2D eigenvalue weighted by atomic mass is 35.5. The summed E-state index contributed by atoms with van der Waals surface area (Å²) in [6.07, 6.45) is 4.68. The third-order valence-electron chi connectivity index (χ3n) is 5.14. The highest BCUT2D eigenvalue weighted by Crippen LogP contribution is 2.38. The van der Waals surface area contributed by atoms with Gasteiger partial charge in [0, 0.05) is 17.6 Å². The van der Waals surface area contributed by atoms with Crippen molar-refractivity contribution in [2.24, 2.45) is 0 Å². The van der Waals surface area contributed by atoms with Crippen LogP contribution in [0.25, 0.3) is 6.08 Å². The molecule has 2 heterocycles. The van der Waals surface area contributed by atoms with Gasteiger partial charge in [-0.3, -0.25) is 4.79 Å². The van der Waals surface area contributed by atoms with E-state index in [9.17, 15) is 9.59 Å². The first kappa shape index (κ1) is 20.3. The van der Waals surface area contributed by atoms with Gasteiger partial charge in [0.1, 0.15) is 13.2 Å². The lowest BCUT2D eigenvalue weighted by Gasteiger charge is -2.26. The molecule has 1 saturated heterocycles. The van der Waals surface area contributed by atoms with Crippen LogP contribution in [-0.4, -0.2) is 43.1 Å². The monoisotopic (exact) mass is 427 g/mol. The summed E-state index contributed by atoms with van der Waals surface area (Å²) in [6.45, 7) is 1.41. The molecule has 0 N–H and O–H groups in total. The molecule has 0 saturated carbocycles. The number of ether oxygens (including phenoxy) is 3. The quantitative estimate of drug-likeness (QED) is 0.532. The third kappa shape index (κ3) is 4.76. The summed E-state index contributed by atoms with van der Waals surface area (Å²) < 4.78 is 16.4. The third-order valence-corrected chi connectivity index (χ3v) is 5.40. The predicted molar refractivity (Wildman–Crippen MR) is 113 cm³/mol. The van der Waals surface area contributed by atoms with Gasteiger partial charge >= 0.3 is 5.97 Å². The van der Waals surface area contributed by atoms with E-state index in [0.717, 1.165) is 29.7 Å². The van der Waals surface area contributed by atoms with Crippen LogP contribution in [0.4, 0.5) is 0 Å². The van der Waals surface area contributed by atoms with Gasteiger partial charge in [-0.15, -0.1) is 0 Å². The van der Waals surface area contributed by atoms with Crippen LogP contribution in [0.1, 0.15) is 30.0 Å². The number of carbonyl (C=O) groups excluding carboxylic acids is 2. The Morgan fingerprint density at radius 2 is 1.87 bits per heavy atom. The number of hydrogen-bond donors (Lipinski definition) is 0. The number of carbonyl (C=O) groups is 2. The fraction of sp³-hybridized carbons (Fsp3) is 0.304. The van der Waals surface area contributed by atoms with Crippen LogP contribution in [-0.2, 0) is 14.3 Å². The SMILES string of the molecule is O=C(/C=C/c1ccc(Cl)cc1)OCC(=O)N1CCCC1c1ccc2c(c1)OCCO2. The molecule has 1 fully saturated rings. The number of nitrogens with zero attached hydrogens (tertiary/aromatic N) is 1. The second-order valence-corrected chi connectivity index (χ2v) is 7.58. The van der Waals surface area contributed by atoms with E-state index in [4.69, 9.17) is 25.8 Å². The van der Waals surface area contributed by atoms with Crippen LogP contribution in [0.15, 0.2) is 48.5 Å². The lowest BCUT2D eigenvalue weighted by molar-refractivity contribution is -0.148. The first-order valence-corrected chi connectivity index (χ1v) is 10.3. The van der Waals surface area contributed by atoms with Gasteiger partial charge in [-0.2, -0.15) is 0 Å². The molecular formula is C23H22ClNO5. The van der Waals surface area contributed by atoms with Crippen molar-refractivity contribution >= 4 is 29.6 Å². The van der Waals surface area contributed by atoms with E-state index < -0.39 is 5.97 Å². The fourth-order valence-electron chi connectivity index (χ4n) is 3.68. The maximum Gasteiger partial charge on any atom is 0.331 e. The van der Waals surface area contributed by atoms with E-state index in [0.29, 0.717) is 30.5 Å². The molecule has 2 aromatic rings. The molecule has 30 heavy (non-hydrogen) atoms. The molecule has 6 nitrogen and oxygen atoms in total. The molecule has 1 unspecified atom stereocenters. The van der Waals surface area contributed by atoms with E-state index in [2.05, 4.69) is 0 Å². The van der Waals surface area contributed by atoms with E-state index in [1.54, 1.807) is 35.2 Å². The van der Waals surface area contributed by atoms with Crippen LogP contribution >= 0.6 is 11.6 Å². The van der Waals surface area contributed by atoms with Crippen LogP contribution < -0.4 is 9.47 Å². The van der Waals surface area contributed by atoms with Crippen LogP contribution in [0.2, 0.25) is 5.02 Å². The van der Waals surface area contributed by atoms with Gasteiger partial charge in [0.15, 0.2) is 18.1 Å². The molecule has 2 aliphatic rings. The zero-order valence-corrected chi connectivity index (χ0v) is 17.1. The van der Waals surface area contributed by atoms with E-state index in [-0.39, 0.29) is 18.6 Å². The highest BCUT2D eigenvalue weighted by molar-refractivity contribution is 6.30. The van der Waals surface area contributed by atoms with Crippen molar-refractivity contribution in [2.45, 2.75) is 18.9 Å². The van der Waals surface area contributed by atoms with Crippen molar-refractivity contribution in [3.8, 4) is 11.5 Å². The van der Waals surface area contributed by atoms with Gasteiger partial charge in [-0.25, -0.2) is 4.79 Å². The van der Waals surface area contributed by atoms with Crippen molar-refractivity contribution in [3.05, 3.63) is 64.7 Å². The lowest BCUT2D eigenvalue weighted by Crippen LogP contribution is -2.34. The Hall–Kier alpha value is -2.99. The second kappa shape index (κ2) is 9.22. The Labute approximate surface area is 180 Å². The Morgan fingerprint density at radius 1 is 1.10 bits per heavy atom. The molecule has 0 bridgehead atoms. The number of benzene rings is 2. The Morgan fingerprint density at radius 3 is 2.67 bits per heavy atom. The van der Waals surface area contributed by atoms with Gasteiger partial charge in [0.05, 0.1) is 6.04 Å². The molecule has 1 atom stereocenters. The van der Waals surface area contributed by atoms with Gasteiger partial charge in [0.25, 0.3) is 5.91 Å². The van der Waals surface area contributed by atoms with Crippen molar-refractivity contribution in [1.82, 2.24) is 4.90 Å². The Balaban J connectivity index is 1.34. The molecule has 7 heteroatoms. The zero-order chi connectivity index (χ0) is 20.9. The molecule has 2 aliphatic heterocycles. The average molecular weight is 428 g/mol. The molecule has 0 aliphatic carbocycles. The van der Waals surface area contributed by atoms with Crippen LogP contribution in [0, 0.1) is 0 Å². The van der Waals surface area contributed by atoms with Crippen molar-refractivity contribution < 1.29 is 23.8 Å². The maximum atomic E-state index is 12.7. The van der Waals surface area contributed by atoms with E-state index in [1.165, 1.54) is 6.08 Å². The summed E-state index contributed by atoms with van der Waals surface area (Å²) >= 11 is 5.84. The minimum absolute atomic E-state index is 0.0587. The second-order valence-electron chi connectivity index (χ2n) is 7.14. The first-order chi connectivity index (χ1) is 14.6. The van der Waals surface area contributed by atoms with Crippen molar-refractivity contribution in [2.75, 3.05) is 26.4 Å². The number of halogens is 1. The number of esters is 1. The molecule has 156 valence electrons. The lowest BCUT2D eigenvalue weighted by atomic mass is 10.0. The van der Waals surface area contributed by atoms with E-state index in [1.807, 2.05) is 18.2 Å². The molecule has 4 rings (SSSR count). The summed E-state index contributed by atoms with van der Waals surface area (Å²) in [5.74, 6) is 0.660. The van der Waals surface area contributed by atoms with Crippen molar-refractivity contribution in [3.63, 3.8) is 0 Å². The minimum atomic E-state index is -0.562. The molecule has 1 amide bonds. The summed E-state index contributed by atoms with van der Waals surface area (Å²) in [6, 6.07) is 12.8. The van der Waals surface area contributed by atoms with Crippen LogP contribution in [0.5, 0.6) is 11.5 Å². The van der Waals surface area contributed by atoms with Crippen molar-refractivity contribution in [1.29, 1.82) is 0 Å². The average Bonchev–Trinajstić information content (AvgIpc) is 3.27. The number of rotatable bonds is 5. The number of fused-ring (bicyclic) bond motifs is 1. The topological polar surface area (TPSA) is 65.1 Å². The predicted octanol–water partition coefficient (Wildman–Crippen LogP) is 4.03. The zero-order valence-electron chi connectivity index (χ0n) is 16.4.